The van der Waals surface area contributed by atoms with Gasteiger partial charge >= 0.3 is 0 Å². The van der Waals surface area contributed by atoms with Crippen molar-refractivity contribution in [3.8, 4) is 0 Å². The van der Waals surface area contributed by atoms with Crippen LogP contribution in [0.25, 0.3) is 0 Å². The second kappa shape index (κ2) is 3.25. The SMILES string of the molecule is CC(C)(C)C1CC(=O)N(C(C)(C)C)C1. The normalized spacial score (nSPS) is 24.6. The molecule has 0 aromatic carbocycles. The van der Waals surface area contributed by atoms with E-state index in [4.69, 9.17) is 0 Å². The second-order valence-electron chi connectivity index (χ2n) is 6.44. The van der Waals surface area contributed by atoms with Gasteiger partial charge in [-0.15, -0.1) is 0 Å². The molecule has 0 saturated carbocycles. The zero-order valence-corrected chi connectivity index (χ0v) is 10.3. The van der Waals surface area contributed by atoms with Crippen molar-refractivity contribution in [1.29, 1.82) is 0 Å². The van der Waals surface area contributed by atoms with Crippen LogP contribution < -0.4 is 0 Å². The van der Waals surface area contributed by atoms with E-state index in [1.54, 1.807) is 0 Å². The van der Waals surface area contributed by atoms with Crippen LogP contribution in [0.2, 0.25) is 0 Å². The van der Waals surface area contributed by atoms with E-state index >= 15 is 0 Å². The van der Waals surface area contributed by atoms with Gasteiger partial charge in [-0.2, -0.15) is 0 Å². The molecule has 1 aliphatic heterocycles. The first-order chi connectivity index (χ1) is 6.12. The summed E-state index contributed by atoms with van der Waals surface area (Å²) >= 11 is 0. The van der Waals surface area contributed by atoms with Crippen molar-refractivity contribution in [2.75, 3.05) is 6.54 Å². The smallest absolute Gasteiger partial charge is 0.223 e. The monoisotopic (exact) mass is 197 g/mol. The first-order valence-electron chi connectivity index (χ1n) is 5.43. The molecule has 0 aromatic rings. The van der Waals surface area contributed by atoms with Crippen molar-refractivity contribution in [2.24, 2.45) is 11.3 Å². The Hall–Kier alpha value is -0.530. The van der Waals surface area contributed by atoms with Gasteiger partial charge in [0.2, 0.25) is 5.91 Å². The molecule has 1 amide bonds. The average Bonchev–Trinajstić information content (AvgIpc) is 2.27. The maximum absolute atomic E-state index is 11.8. The summed E-state index contributed by atoms with van der Waals surface area (Å²) in [5, 5.41) is 0. The minimum atomic E-state index is -0.0168. The summed E-state index contributed by atoms with van der Waals surface area (Å²) in [5.74, 6) is 0.826. The molecule has 1 aliphatic rings. The van der Waals surface area contributed by atoms with Crippen LogP contribution in [-0.2, 0) is 4.79 Å². The minimum Gasteiger partial charge on any atom is -0.338 e. The number of carbonyl (C=O) groups is 1. The molecule has 82 valence electrons. The third-order valence-electron chi connectivity index (χ3n) is 3.16. The highest BCUT2D eigenvalue weighted by Gasteiger charge is 2.40. The van der Waals surface area contributed by atoms with Crippen molar-refractivity contribution in [3.63, 3.8) is 0 Å². The molecule has 0 aromatic heterocycles. The Morgan fingerprint density at radius 3 is 1.86 bits per heavy atom. The van der Waals surface area contributed by atoms with Gasteiger partial charge < -0.3 is 4.90 Å². The van der Waals surface area contributed by atoms with Crippen LogP contribution in [-0.4, -0.2) is 22.9 Å². The van der Waals surface area contributed by atoms with E-state index in [9.17, 15) is 4.79 Å². The highest BCUT2D eigenvalue weighted by molar-refractivity contribution is 5.79. The van der Waals surface area contributed by atoms with Gasteiger partial charge in [0.1, 0.15) is 0 Å². The summed E-state index contributed by atoms with van der Waals surface area (Å²) in [6, 6.07) is 0. The topological polar surface area (TPSA) is 20.3 Å². The fraction of sp³-hybridized carbons (Fsp3) is 0.917. The predicted molar refractivity (Wildman–Crippen MR) is 59.0 cm³/mol. The summed E-state index contributed by atoms with van der Waals surface area (Å²) < 4.78 is 0. The third kappa shape index (κ3) is 2.28. The Kier molecular flexibility index (Phi) is 2.68. The lowest BCUT2D eigenvalue weighted by Crippen LogP contribution is -2.42. The first-order valence-corrected chi connectivity index (χ1v) is 5.43. The summed E-state index contributed by atoms with van der Waals surface area (Å²) in [6.07, 6.45) is 0.723. The average molecular weight is 197 g/mol. The lowest BCUT2D eigenvalue weighted by atomic mass is 9.80. The molecule has 2 heteroatoms. The van der Waals surface area contributed by atoms with E-state index in [0.29, 0.717) is 11.8 Å². The molecule has 1 unspecified atom stereocenters. The molecular formula is C12H23NO. The van der Waals surface area contributed by atoms with Crippen LogP contribution >= 0.6 is 0 Å². The maximum atomic E-state index is 11.8. The lowest BCUT2D eigenvalue weighted by molar-refractivity contribution is -0.131. The molecule has 0 aliphatic carbocycles. The Morgan fingerprint density at radius 1 is 1.14 bits per heavy atom. The van der Waals surface area contributed by atoms with Gasteiger partial charge in [-0.3, -0.25) is 4.79 Å². The van der Waals surface area contributed by atoms with Gasteiger partial charge in [-0.25, -0.2) is 0 Å². The molecule has 1 atom stereocenters. The van der Waals surface area contributed by atoms with Crippen LogP contribution in [0.15, 0.2) is 0 Å². The Morgan fingerprint density at radius 2 is 1.64 bits per heavy atom. The maximum Gasteiger partial charge on any atom is 0.223 e. The molecule has 0 spiro atoms. The van der Waals surface area contributed by atoms with Crippen LogP contribution in [0.3, 0.4) is 0 Å². The number of hydrogen-bond acceptors (Lipinski definition) is 1. The third-order valence-corrected chi connectivity index (χ3v) is 3.16. The van der Waals surface area contributed by atoms with Gasteiger partial charge in [-0.05, 0) is 32.1 Å². The van der Waals surface area contributed by atoms with Crippen LogP contribution in [0.4, 0.5) is 0 Å². The van der Waals surface area contributed by atoms with Crippen LogP contribution in [0.1, 0.15) is 48.0 Å². The van der Waals surface area contributed by atoms with Crippen LogP contribution in [0, 0.1) is 11.3 Å². The summed E-state index contributed by atoms with van der Waals surface area (Å²) in [7, 11) is 0. The van der Waals surface area contributed by atoms with Crippen molar-refractivity contribution in [3.05, 3.63) is 0 Å². The molecular weight excluding hydrogens is 174 g/mol. The molecule has 1 rings (SSSR count). The standard InChI is InChI=1S/C12H23NO/c1-11(2,3)9-7-10(14)13(8-9)12(4,5)6/h9H,7-8H2,1-6H3. The number of hydrogen-bond donors (Lipinski definition) is 0. The number of nitrogens with zero attached hydrogens (tertiary/aromatic N) is 1. The van der Waals surface area contributed by atoms with Crippen molar-refractivity contribution < 1.29 is 4.79 Å². The minimum absolute atomic E-state index is 0.0168. The predicted octanol–water partition coefficient (Wildman–Crippen LogP) is 2.68. The van der Waals surface area contributed by atoms with E-state index in [2.05, 4.69) is 41.5 Å². The van der Waals surface area contributed by atoms with E-state index in [0.717, 1.165) is 13.0 Å². The van der Waals surface area contributed by atoms with Gasteiger partial charge in [0.05, 0.1) is 0 Å². The number of carbonyl (C=O) groups excluding carboxylic acids is 1. The number of rotatable bonds is 0. The van der Waals surface area contributed by atoms with Gasteiger partial charge in [0.15, 0.2) is 0 Å². The van der Waals surface area contributed by atoms with E-state index < -0.39 is 0 Å². The fourth-order valence-corrected chi connectivity index (χ4v) is 1.94. The highest BCUT2D eigenvalue weighted by atomic mass is 16.2. The second-order valence-corrected chi connectivity index (χ2v) is 6.44. The molecule has 2 nitrogen and oxygen atoms in total. The molecule has 0 N–H and O–H groups in total. The largest absolute Gasteiger partial charge is 0.338 e. The molecule has 1 saturated heterocycles. The van der Waals surface area contributed by atoms with Gasteiger partial charge in [-0.1, -0.05) is 20.8 Å². The quantitative estimate of drug-likeness (QED) is 0.584. The van der Waals surface area contributed by atoms with Gasteiger partial charge in [0.25, 0.3) is 0 Å². The molecule has 14 heavy (non-hydrogen) atoms. The molecule has 0 bridgehead atoms. The number of amides is 1. The summed E-state index contributed by atoms with van der Waals surface area (Å²) in [5.41, 5.74) is 0.229. The Bertz CT molecular complexity index is 232. The van der Waals surface area contributed by atoms with Crippen molar-refractivity contribution in [1.82, 2.24) is 4.90 Å². The Labute approximate surface area is 87.7 Å². The van der Waals surface area contributed by atoms with Crippen molar-refractivity contribution in [2.45, 2.75) is 53.5 Å². The Balaban J connectivity index is 2.75. The highest BCUT2D eigenvalue weighted by Crippen LogP contribution is 2.36. The number of likely N-dealkylation sites (tertiary alicyclic amines) is 1. The van der Waals surface area contributed by atoms with E-state index in [-0.39, 0.29) is 11.0 Å². The molecule has 0 radical (unpaired) electrons. The molecule has 1 heterocycles. The van der Waals surface area contributed by atoms with E-state index in [1.165, 1.54) is 0 Å². The summed E-state index contributed by atoms with van der Waals surface area (Å²) in [4.78, 5) is 13.8. The summed E-state index contributed by atoms with van der Waals surface area (Å²) in [6.45, 7) is 13.9. The lowest BCUT2D eigenvalue weighted by Gasteiger charge is -2.34. The fourth-order valence-electron chi connectivity index (χ4n) is 1.94. The zero-order valence-electron chi connectivity index (χ0n) is 10.3. The van der Waals surface area contributed by atoms with Crippen molar-refractivity contribution >= 4 is 5.91 Å². The van der Waals surface area contributed by atoms with Gasteiger partial charge in [0, 0.05) is 18.5 Å². The van der Waals surface area contributed by atoms with E-state index in [1.807, 2.05) is 4.90 Å². The molecule has 1 fully saturated rings. The zero-order chi connectivity index (χ0) is 11.1. The van der Waals surface area contributed by atoms with Crippen LogP contribution in [0.5, 0.6) is 0 Å². The first kappa shape index (κ1) is 11.5.